The summed E-state index contributed by atoms with van der Waals surface area (Å²) < 4.78 is 7.13. The van der Waals surface area contributed by atoms with E-state index in [0.29, 0.717) is 17.0 Å². The Morgan fingerprint density at radius 2 is 1.57 bits per heavy atom. The minimum absolute atomic E-state index is 0.0597. The van der Waals surface area contributed by atoms with Gasteiger partial charge in [0.15, 0.2) is 6.61 Å². The second-order valence-corrected chi connectivity index (χ2v) is 6.56. The van der Waals surface area contributed by atoms with Crippen LogP contribution in [0, 0.1) is 24.0 Å². The summed E-state index contributed by atoms with van der Waals surface area (Å²) in [5.41, 5.74) is 5.46. The molecule has 0 unspecified atom stereocenters. The van der Waals surface area contributed by atoms with Crippen LogP contribution >= 0.6 is 0 Å². The molecule has 9 heteroatoms. The topological polar surface area (TPSA) is 116 Å². The lowest BCUT2D eigenvalue weighted by molar-refractivity contribution is -0.384. The van der Waals surface area contributed by atoms with Crippen molar-refractivity contribution in [1.29, 1.82) is 0 Å². The van der Waals surface area contributed by atoms with Crippen LogP contribution in [0.5, 0.6) is 5.75 Å². The number of benzene rings is 2. The second-order valence-electron chi connectivity index (χ2n) is 6.56. The molecule has 3 rings (SSSR count). The van der Waals surface area contributed by atoms with E-state index < -0.39 is 10.8 Å². The number of amides is 2. The first kappa shape index (κ1) is 20.6. The fraction of sp³-hybridized carbons (Fsp3) is 0.143. The highest BCUT2D eigenvalue weighted by Gasteiger charge is 2.10. The Hall–Kier alpha value is -4.14. The maximum atomic E-state index is 12.4. The van der Waals surface area contributed by atoms with E-state index in [9.17, 15) is 19.7 Å². The number of anilines is 1. The van der Waals surface area contributed by atoms with Gasteiger partial charge in [-0.15, -0.1) is 0 Å². The number of carbonyl (C=O) groups is 2. The van der Waals surface area contributed by atoms with Crippen LogP contribution in [0.15, 0.2) is 60.7 Å². The highest BCUT2D eigenvalue weighted by atomic mass is 16.6. The summed E-state index contributed by atoms with van der Waals surface area (Å²) in [6.07, 6.45) is 0. The Kier molecular flexibility index (Phi) is 6.11. The van der Waals surface area contributed by atoms with Gasteiger partial charge in [0.1, 0.15) is 5.75 Å². The third-order valence-electron chi connectivity index (χ3n) is 4.33. The molecule has 0 aliphatic heterocycles. The Labute approximate surface area is 172 Å². The summed E-state index contributed by atoms with van der Waals surface area (Å²) in [5, 5.41) is 13.2. The number of hydrogen-bond acceptors (Lipinski definition) is 5. The number of rotatable bonds is 7. The number of aromatic nitrogens is 1. The molecule has 0 aliphatic carbocycles. The van der Waals surface area contributed by atoms with Gasteiger partial charge in [0, 0.05) is 34.8 Å². The lowest BCUT2D eigenvalue weighted by Gasteiger charge is -2.12. The Balaban J connectivity index is 1.52. The standard InChI is InChI=1S/C21H20N4O5/c1-14-3-4-15(2)24(14)23-21(27)16-5-11-19(12-6-16)30-13-20(26)22-17-7-9-18(10-8-17)25(28)29/h3-12H,13H2,1-2H3,(H,22,26)(H,23,27). The lowest BCUT2D eigenvalue weighted by atomic mass is 10.2. The van der Waals surface area contributed by atoms with E-state index in [0.717, 1.165) is 11.4 Å². The first-order valence-corrected chi connectivity index (χ1v) is 9.07. The normalized spacial score (nSPS) is 10.3. The van der Waals surface area contributed by atoms with Crippen LogP contribution in [-0.4, -0.2) is 28.0 Å². The van der Waals surface area contributed by atoms with Gasteiger partial charge in [-0.05, 0) is 62.4 Å². The first-order chi connectivity index (χ1) is 14.3. The molecule has 0 fully saturated rings. The van der Waals surface area contributed by atoms with Crippen molar-refractivity contribution in [2.75, 3.05) is 17.3 Å². The van der Waals surface area contributed by atoms with Gasteiger partial charge in [-0.3, -0.25) is 29.8 Å². The van der Waals surface area contributed by atoms with Crippen molar-refractivity contribution in [3.05, 3.63) is 87.7 Å². The van der Waals surface area contributed by atoms with Gasteiger partial charge in [0.05, 0.1) is 4.92 Å². The molecule has 0 aliphatic rings. The van der Waals surface area contributed by atoms with Crippen molar-refractivity contribution in [1.82, 2.24) is 4.68 Å². The number of non-ortho nitro benzene ring substituents is 1. The number of ether oxygens (including phenoxy) is 1. The van der Waals surface area contributed by atoms with Gasteiger partial charge in [-0.1, -0.05) is 0 Å². The van der Waals surface area contributed by atoms with Crippen molar-refractivity contribution in [3.63, 3.8) is 0 Å². The molecule has 2 amide bonds. The molecular formula is C21H20N4O5. The second kappa shape index (κ2) is 8.91. The Morgan fingerprint density at radius 3 is 2.13 bits per heavy atom. The van der Waals surface area contributed by atoms with Gasteiger partial charge >= 0.3 is 0 Å². The van der Waals surface area contributed by atoms with Gasteiger partial charge in [0.2, 0.25) is 0 Å². The number of nitro groups is 1. The van der Waals surface area contributed by atoms with Crippen molar-refractivity contribution >= 4 is 23.2 Å². The summed E-state index contributed by atoms with van der Waals surface area (Å²) >= 11 is 0. The SMILES string of the molecule is Cc1ccc(C)n1NC(=O)c1ccc(OCC(=O)Nc2ccc([N+](=O)[O-])cc2)cc1. The van der Waals surface area contributed by atoms with Crippen molar-refractivity contribution < 1.29 is 19.2 Å². The van der Waals surface area contributed by atoms with E-state index in [1.807, 2.05) is 26.0 Å². The molecule has 0 saturated carbocycles. The van der Waals surface area contributed by atoms with E-state index >= 15 is 0 Å². The van der Waals surface area contributed by atoms with Crippen LogP contribution < -0.4 is 15.5 Å². The quantitative estimate of drug-likeness (QED) is 0.459. The van der Waals surface area contributed by atoms with E-state index in [4.69, 9.17) is 4.74 Å². The summed E-state index contributed by atoms with van der Waals surface area (Å²) in [6.45, 7) is 3.54. The van der Waals surface area contributed by atoms with Crippen LogP contribution in [0.3, 0.4) is 0 Å². The van der Waals surface area contributed by atoms with Gasteiger partial charge in [0.25, 0.3) is 17.5 Å². The summed E-state index contributed by atoms with van der Waals surface area (Å²) in [4.78, 5) is 34.5. The van der Waals surface area contributed by atoms with Crippen LogP contribution in [0.25, 0.3) is 0 Å². The number of nitrogens with zero attached hydrogens (tertiary/aromatic N) is 2. The Bertz CT molecular complexity index is 1050. The van der Waals surface area contributed by atoms with Crippen molar-refractivity contribution in [2.45, 2.75) is 13.8 Å². The molecule has 0 atom stereocenters. The van der Waals surface area contributed by atoms with Crippen LogP contribution in [0.2, 0.25) is 0 Å². The summed E-state index contributed by atoms with van der Waals surface area (Å²) in [5.74, 6) is -0.247. The molecule has 2 N–H and O–H groups in total. The minimum Gasteiger partial charge on any atom is -0.484 e. The van der Waals surface area contributed by atoms with E-state index in [-0.39, 0.29) is 18.2 Å². The maximum Gasteiger partial charge on any atom is 0.270 e. The molecule has 0 radical (unpaired) electrons. The third-order valence-corrected chi connectivity index (χ3v) is 4.33. The summed E-state index contributed by atoms with van der Waals surface area (Å²) in [6, 6.07) is 15.7. The first-order valence-electron chi connectivity index (χ1n) is 9.07. The molecular weight excluding hydrogens is 388 g/mol. The van der Waals surface area contributed by atoms with E-state index in [1.165, 1.54) is 24.3 Å². The number of aryl methyl sites for hydroxylation is 2. The van der Waals surface area contributed by atoms with E-state index in [2.05, 4.69) is 10.7 Å². The molecule has 2 aromatic carbocycles. The molecule has 3 aromatic rings. The maximum absolute atomic E-state index is 12.4. The molecule has 30 heavy (non-hydrogen) atoms. The van der Waals surface area contributed by atoms with Crippen LogP contribution in [0.1, 0.15) is 21.7 Å². The lowest BCUT2D eigenvalue weighted by Crippen LogP contribution is -2.24. The van der Waals surface area contributed by atoms with Gasteiger partial charge in [-0.2, -0.15) is 0 Å². The largest absolute Gasteiger partial charge is 0.484 e. The zero-order valence-corrected chi connectivity index (χ0v) is 16.4. The average molecular weight is 408 g/mol. The highest BCUT2D eigenvalue weighted by molar-refractivity contribution is 6.00. The van der Waals surface area contributed by atoms with Crippen molar-refractivity contribution in [2.24, 2.45) is 0 Å². The Morgan fingerprint density at radius 1 is 0.967 bits per heavy atom. The van der Waals surface area contributed by atoms with Crippen LogP contribution in [-0.2, 0) is 4.79 Å². The average Bonchev–Trinajstić information content (AvgIpc) is 3.05. The van der Waals surface area contributed by atoms with E-state index in [1.54, 1.807) is 28.9 Å². The fourth-order valence-electron chi connectivity index (χ4n) is 2.73. The highest BCUT2D eigenvalue weighted by Crippen LogP contribution is 2.16. The third kappa shape index (κ3) is 5.02. The molecule has 9 nitrogen and oxygen atoms in total. The van der Waals surface area contributed by atoms with Crippen molar-refractivity contribution in [3.8, 4) is 5.75 Å². The zero-order chi connectivity index (χ0) is 21.7. The molecule has 0 saturated heterocycles. The monoisotopic (exact) mass is 408 g/mol. The smallest absolute Gasteiger partial charge is 0.270 e. The number of nitrogens with one attached hydrogen (secondary N) is 2. The zero-order valence-electron chi connectivity index (χ0n) is 16.4. The van der Waals surface area contributed by atoms with Gasteiger partial charge < -0.3 is 10.1 Å². The fourth-order valence-corrected chi connectivity index (χ4v) is 2.73. The number of nitro benzene ring substituents is 1. The molecule has 1 heterocycles. The number of hydrogen-bond donors (Lipinski definition) is 2. The molecule has 154 valence electrons. The minimum atomic E-state index is -0.514. The van der Waals surface area contributed by atoms with Crippen LogP contribution in [0.4, 0.5) is 11.4 Å². The number of carbonyl (C=O) groups excluding carboxylic acids is 2. The predicted octanol–water partition coefficient (Wildman–Crippen LogP) is 3.41. The molecule has 1 aromatic heterocycles. The molecule has 0 spiro atoms. The molecule has 0 bridgehead atoms. The van der Waals surface area contributed by atoms with Gasteiger partial charge in [-0.25, -0.2) is 0 Å². The predicted molar refractivity (Wildman–Crippen MR) is 111 cm³/mol. The summed E-state index contributed by atoms with van der Waals surface area (Å²) in [7, 11) is 0.